The zero-order valence-corrected chi connectivity index (χ0v) is 10.7. The molecule has 1 aromatic carbocycles. The van der Waals surface area contributed by atoms with Gasteiger partial charge >= 0.3 is 5.97 Å². The number of ether oxygens (including phenoxy) is 1. The van der Waals surface area contributed by atoms with Gasteiger partial charge in [-0.15, -0.1) is 0 Å². The van der Waals surface area contributed by atoms with Gasteiger partial charge in [0.1, 0.15) is 5.82 Å². The van der Waals surface area contributed by atoms with Crippen LogP contribution in [0, 0.1) is 5.82 Å². The van der Waals surface area contributed by atoms with Crippen molar-refractivity contribution in [2.24, 2.45) is 0 Å². The van der Waals surface area contributed by atoms with Gasteiger partial charge in [-0.1, -0.05) is 32.6 Å². The van der Waals surface area contributed by atoms with Gasteiger partial charge in [0, 0.05) is 5.69 Å². The number of unbranched alkanes of at least 4 members (excludes halogenated alkanes) is 4. The van der Waals surface area contributed by atoms with Crippen LogP contribution in [0.3, 0.4) is 0 Å². The van der Waals surface area contributed by atoms with E-state index in [9.17, 15) is 9.18 Å². The number of benzene rings is 1. The molecular formula is C14H20FNO2. The number of halogens is 1. The van der Waals surface area contributed by atoms with E-state index in [0.717, 1.165) is 25.3 Å². The van der Waals surface area contributed by atoms with Crippen molar-refractivity contribution in [1.82, 2.24) is 0 Å². The second-order valence-corrected chi connectivity index (χ2v) is 4.28. The Bertz CT molecular complexity index is 393. The van der Waals surface area contributed by atoms with Crippen LogP contribution < -0.4 is 5.73 Å². The fraction of sp³-hybridized carbons (Fsp3) is 0.500. The first kappa shape index (κ1) is 14.5. The molecular weight excluding hydrogens is 233 g/mol. The number of esters is 1. The third-order valence-corrected chi connectivity index (χ3v) is 2.72. The van der Waals surface area contributed by atoms with Gasteiger partial charge in [-0.3, -0.25) is 0 Å². The van der Waals surface area contributed by atoms with E-state index in [1.54, 1.807) is 0 Å². The first-order valence-corrected chi connectivity index (χ1v) is 6.37. The summed E-state index contributed by atoms with van der Waals surface area (Å²) >= 11 is 0. The SMILES string of the molecule is CCCCCCCOC(=O)c1cc(F)ccc1N. The lowest BCUT2D eigenvalue weighted by Crippen LogP contribution is -2.09. The Morgan fingerprint density at radius 3 is 2.72 bits per heavy atom. The van der Waals surface area contributed by atoms with Crippen molar-refractivity contribution in [3.63, 3.8) is 0 Å². The lowest BCUT2D eigenvalue weighted by Gasteiger charge is -2.07. The smallest absolute Gasteiger partial charge is 0.340 e. The Morgan fingerprint density at radius 1 is 1.28 bits per heavy atom. The van der Waals surface area contributed by atoms with Crippen molar-refractivity contribution in [2.75, 3.05) is 12.3 Å². The lowest BCUT2D eigenvalue weighted by atomic mass is 10.1. The summed E-state index contributed by atoms with van der Waals surface area (Å²) in [6, 6.07) is 3.69. The van der Waals surface area contributed by atoms with Crippen LogP contribution in [-0.4, -0.2) is 12.6 Å². The van der Waals surface area contributed by atoms with Crippen molar-refractivity contribution >= 4 is 11.7 Å². The van der Waals surface area contributed by atoms with Crippen molar-refractivity contribution in [2.45, 2.75) is 39.0 Å². The number of nitrogens with two attached hydrogens (primary N) is 1. The molecule has 0 unspecified atom stereocenters. The zero-order chi connectivity index (χ0) is 13.4. The number of anilines is 1. The van der Waals surface area contributed by atoms with Crippen molar-refractivity contribution in [3.05, 3.63) is 29.6 Å². The predicted molar refractivity (Wildman–Crippen MR) is 69.9 cm³/mol. The Kier molecular flexibility index (Phi) is 6.19. The Balaban J connectivity index is 2.34. The molecule has 0 amide bonds. The number of rotatable bonds is 7. The topological polar surface area (TPSA) is 52.3 Å². The van der Waals surface area contributed by atoms with Gasteiger partial charge in [0.15, 0.2) is 0 Å². The summed E-state index contributed by atoms with van der Waals surface area (Å²) < 4.78 is 18.0. The van der Waals surface area contributed by atoms with E-state index in [4.69, 9.17) is 10.5 Å². The quantitative estimate of drug-likeness (QED) is 0.459. The van der Waals surface area contributed by atoms with E-state index in [-0.39, 0.29) is 11.3 Å². The molecule has 0 aliphatic carbocycles. The molecule has 18 heavy (non-hydrogen) atoms. The van der Waals surface area contributed by atoms with Gasteiger partial charge in [0.25, 0.3) is 0 Å². The molecule has 0 atom stereocenters. The monoisotopic (exact) mass is 253 g/mol. The van der Waals surface area contributed by atoms with Crippen LogP contribution in [0.5, 0.6) is 0 Å². The van der Waals surface area contributed by atoms with Crippen LogP contribution in [0.2, 0.25) is 0 Å². The van der Waals surface area contributed by atoms with Crippen molar-refractivity contribution in [3.8, 4) is 0 Å². The molecule has 0 aliphatic rings. The van der Waals surface area contributed by atoms with Crippen LogP contribution in [0.25, 0.3) is 0 Å². The number of nitrogen functional groups attached to an aromatic ring is 1. The number of carbonyl (C=O) groups is 1. The molecule has 0 fully saturated rings. The number of hydrogen-bond acceptors (Lipinski definition) is 3. The Labute approximate surface area is 107 Å². The fourth-order valence-electron chi connectivity index (χ4n) is 1.65. The second kappa shape index (κ2) is 7.69. The normalized spacial score (nSPS) is 10.3. The van der Waals surface area contributed by atoms with Crippen LogP contribution in [0.4, 0.5) is 10.1 Å². The second-order valence-electron chi connectivity index (χ2n) is 4.28. The minimum absolute atomic E-state index is 0.101. The molecule has 0 heterocycles. The highest BCUT2D eigenvalue weighted by molar-refractivity contribution is 5.95. The summed E-state index contributed by atoms with van der Waals surface area (Å²) in [6.45, 7) is 2.51. The molecule has 0 bridgehead atoms. The first-order valence-electron chi connectivity index (χ1n) is 6.37. The minimum atomic E-state index is -0.553. The summed E-state index contributed by atoms with van der Waals surface area (Å²) in [4.78, 5) is 11.6. The van der Waals surface area contributed by atoms with Gasteiger partial charge in [-0.25, -0.2) is 9.18 Å². The summed E-state index contributed by atoms with van der Waals surface area (Å²) in [7, 11) is 0. The first-order chi connectivity index (χ1) is 8.65. The molecule has 0 saturated carbocycles. The van der Waals surface area contributed by atoms with Crippen molar-refractivity contribution in [1.29, 1.82) is 0 Å². The molecule has 1 aromatic rings. The molecule has 0 saturated heterocycles. The number of carbonyl (C=O) groups excluding carboxylic acids is 1. The van der Waals surface area contributed by atoms with E-state index in [1.807, 2.05) is 0 Å². The van der Waals surface area contributed by atoms with Crippen LogP contribution >= 0.6 is 0 Å². The summed E-state index contributed by atoms with van der Waals surface area (Å²) in [6.07, 6.45) is 5.40. The summed E-state index contributed by atoms with van der Waals surface area (Å²) in [5, 5.41) is 0. The average Bonchev–Trinajstić information content (AvgIpc) is 2.36. The van der Waals surface area contributed by atoms with E-state index < -0.39 is 11.8 Å². The highest BCUT2D eigenvalue weighted by atomic mass is 19.1. The maximum Gasteiger partial charge on any atom is 0.340 e. The zero-order valence-electron chi connectivity index (χ0n) is 10.7. The molecule has 0 radical (unpaired) electrons. The molecule has 0 aliphatic heterocycles. The van der Waals surface area contributed by atoms with Gasteiger partial charge in [-0.05, 0) is 24.6 Å². The van der Waals surface area contributed by atoms with Crippen LogP contribution in [0.1, 0.15) is 49.4 Å². The Hall–Kier alpha value is -1.58. The molecule has 100 valence electrons. The molecule has 2 N–H and O–H groups in total. The average molecular weight is 253 g/mol. The van der Waals surface area contributed by atoms with Gasteiger partial charge in [-0.2, -0.15) is 0 Å². The van der Waals surface area contributed by atoms with E-state index in [1.165, 1.54) is 25.0 Å². The minimum Gasteiger partial charge on any atom is -0.462 e. The van der Waals surface area contributed by atoms with Gasteiger partial charge in [0.05, 0.1) is 12.2 Å². The Morgan fingerprint density at radius 2 is 2.00 bits per heavy atom. The van der Waals surface area contributed by atoms with E-state index in [0.29, 0.717) is 6.61 Å². The molecule has 3 nitrogen and oxygen atoms in total. The van der Waals surface area contributed by atoms with Crippen molar-refractivity contribution < 1.29 is 13.9 Å². The van der Waals surface area contributed by atoms with Crippen LogP contribution in [0.15, 0.2) is 18.2 Å². The summed E-state index contributed by atoms with van der Waals surface area (Å²) in [5.74, 6) is -1.04. The number of hydrogen-bond donors (Lipinski definition) is 1. The molecule has 4 heteroatoms. The third-order valence-electron chi connectivity index (χ3n) is 2.72. The molecule has 0 aromatic heterocycles. The largest absolute Gasteiger partial charge is 0.462 e. The summed E-state index contributed by atoms with van der Waals surface area (Å²) in [5.41, 5.74) is 5.94. The third kappa shape index (κ3) is 4.73. The van der Waals surface area contributed by atoms with Gasteiger partial charge in [0.2, 0.25) is 0 Å². The maximum atomic E-state index is 13.0. The molecule has 0 spiro atoms. The van der Waals surface area contributed by atoms with Gasteiger partial charge < -0.3 is 10.5 Å². The molecule has 1 rings (SSSR count). The maximum absolute atomic E-state index is 13.0. The van der Waals surface area contributed by atoms with E-state index >= 15 is 0 Å². The van der Waals surface area contributed by atoms with Crippen LogP contribution in [-0.2, 0) is 4.74 Å². The lowest BCUT2D eigenvalue weighted by molar-refractivity contribution is 0.0498. The standard InChI is InChI=1S/C14H20FNO2/c1-2-3-4-5-6-9-18-14(17)12-10-11(15)7-8-13(12)16/h7-8,10H,2-6,9,16H2,1H3. The van der Waals surface area contributed by atoms with E-state index in [2.05, 4.69) is 6.92 Å². The highest BCUT2D eigenvalue weighted by Gasteiger charge is 2.11. The fourth-order valence-corrected chi connectivity index (χ4v) is 1.65. The predicted octanol–water partition coefficient (Wildman–Crippen LogP) is 3.54. The highest BCUT2D eigenvalue weighted by Crippen LogP contribution is 2.14.